The molecule has 0 aliphatic carbocycles. The lowest BCUT2D eigenvalue weighted by Crippen LogP contribution is -2.45. The summed E-state index contributed by atoms with van der Waals surface area (Å²) in [4.78, 5) is 25.4. The summed E-state index contributed by atoms with van der Waals surface area (Å²) >= 11 is 0. The number of hydrogen-bond acceptors (Lipinski definition) is 5. The first-order valence-electron chi connectivity index (χ1n) is 11.7. The summed E-state index contributed by atoms with van der Waals surface area (Å²) in [6.45, 7) is 6.90. The van der Waals surface area contributed by atoms with Crippen molar-refractivity contribution in [3.8, 4) is 0 Å². The molecular formula is C24H31N5O2. The van der Waals surface area contributed by atoms with Crippen LogP contribution in [0.1, 0.15) is 47.2 Å². The molecule has 4 aliphatic rings. The smallest absolute Gasteiger partial charge is 0.251 e. The van der Waals surface area contributed by atoms with Gasteiger partial charge in [-0.25, -0.2) is 0 Å². The average Bonchev–Trinajstić information content (AvgIpc) is 2.76. The van der Waals surface area contributed by atoms with Crippen molar-refractivity contribution in [1.29, 1.82) is 0 Å². The standard InChI is InChI=1S/C24H31N5O2/c30-23-5-15(3-21-19-1-17(9-26-11-19)13-28(21)23)7-25-8-16-4-22-20-2-18(10-27-12-20)14-29(22)24(31)6-16/h3-6,17-20,25-27H,1-2,7-14H2/t17?,18?,19-,20?/m0/s1. The number of rotatable bonds is 4. The molecule has 164 valence electrons. The quantitative estimate of drug-likeness (QED) is 0.678. The predicted octanol–water partition coefficient (Wildman–Crippen LogP) is 0.713. The monoisotopic (exact) mass is 421 g/mol. The van der Waals surface area contributed by atoms with Gasteiger partial charge >= 0.3 is 0 Å². The normalized spacial score (nSPS) is 28.6. The Balaban J connectivity index is 1.18. The first-order chi connectivity index (χ1) is 15.1. The fourth-order valence-corrected chi connectivity index (χ4v) is 6.28. The van der Waals surface area contributed by atoms with Gasteiger partial charge in [0.2, 0.25) is 0 Å². The molecule has 3 unspecified atom stereocenters. The Labute approximate surface area is 181 Å². The Morgan fingerprint density at radius 1 is 0.742 bits per heavy atom. The van der Waals surface area contributed by atoms with Gasteiger partial charge in [-0.3, -0.25) is 9.59 Å². The van der Waals surface area contributed by atoms with Gasteiger partial charge in [0.15, 0.2) is 0 Å². The van der Waals surface area contributed by atoms with Crippen molar-refractivity contribution in [1.82, 2.24) is 25.1 Å². The van der Waals surface area contributed by atoms with Crippen molar-refractivity contribution < 1.29 is 0 Å². The Kier molecular flexibility index (Phi) is 4.85. The van der Waals surface area contributed by atoms with E-state index in [-0.39, 0.29) is 11.1 Å². The summed E-state index contributed by atoms with van der Waals surface area (Å²) in [5.41, 5.74) is 4.68. The molecule has 0 amide bonds. The van der Waals surface area contributed by atoms with E-state index in [0.29, 0.717) is 36.8 Å². The van der Waals surface area contributed by atoms with E-state index >= 15 is 0 Å². The Morgan fingerprint density at radius 3 is 1.71 bits per heavy atom. The lowest BCUT2D eigenvalue weighted by atomic mass is 9.84. The van der Waals surface area contributed by atoms with Gasteiger partial charge in [0.1, 0.15) is 0 Å². The van der Waals surface area contributed by atoms with Crippen LogP contribution in [0, 0.1) is 11.8 Å². The molecule has 31 heavy (non-hydrogen) atoms. The number of nitrogens with zero attached hydrogens (tertiary/aromatic N) is 2. The van der Waals surface area contributed by atoms with E-state index in [1.165, 1.54) is 24.2 Å². The molecule has 4 aliphatic heterocycles. The zero-order valence-electron chi connectivity index (χ0n) is 17.9. The second kappa shape index (κ2) is 7.73. The molecule has 0 radical (unpaired) electrons. The molecule has 7 nitrogen and oxygen atoms in total. The van der Waals surface area contributed by atoms with Crippen molar-refractivity contribution in [3.63, 3.8) is 0 Å². The van der Waals surface area contributed by atoms with E-state index < -0.39 is 0 Å². The molecule has 6 heterocycles. The molecule has 2 saturated heterocycles. The summed E-state index contributed by atoms with van der Waals surface area (Å²) in [5, 5.41) is 10.5. The van der Waals surface area contributed by atoms with Crippen LogP contribution >= 0.6 is 0 Å². The van der Waals surface area contributed by atoms with Crippen LogP contribution in [0.2, 0.25) is 0 Å². The SMILES string of the molecule is O=c1cc(CNCc2cc3n(c(=O)c2)CC2CNC[C@@H]3C2)cc2n1CC1CNCC2C1. The van der Waals surface area contributed by atoms with Gasteiger partial charge < -0.3 is 25.1 Å². The number of nitrogens with one attached hydrogen (secondary N) is 3. The predicted molar refractivity (Wildman–Crippen MR) is 119 cm³/mol. The molecule has 2 aromatic rings. The van der Waals surface area contributed by atoms with E-state index in [4.69, 9.17) is 0 Å². The maximum Gasteiger partial charge on any atom is 0.251 e. The van der Waals surface area contributed by atoms with Gasteiger partial charge in [0.25, 0.3) is 11.1 Å². The fourth-order valence-electron chi connectivity index (χ4n) is 6.28. The van der Waals surface area contributed by atoms with Crippen LogP contribution in [-0.4, -0.2) is 35.3 Å². The van der Waals surface area contributed by atoms with Gasteiger partial charge in [-0.05, 0) is 61.0 Å². The summed E-state index contributed by atoms with van der Waals surface area (Å²) < 4.78 is 3.97. The van der Waals surface area contributed by atoms with Crippen molar-refractivity contribution in [3.05, 3.63) is 67.5 Å². The lowest BCUT2D eigenvalue weighted by Gasteiger charge is -2.37. The number of hydrogen-bond donors (Lipinski definition) is 3. The molecule has 4 bridgehead atoms. The lowest BCUT2D eigenvalue weighted by molar-refractivity contribution is 0.256. The Hall–Kier alpha value is -2.22. The summed E-state index contributed by atoms with van der Waals surface area (Å²) in [6.07, 6.45) is 2.36. The highest BCUT2D eigenvalue weighted by Crippen LogP contribution is 2.33. The molecule has 6 rings (SSSR count). The highest BCUT2D eigenvalue weighted by Gasteiger charge is 2.32. The van der Waals surface area contributed by atoms with E-state index in [1.54, 1.807) is 12.1 Å². The van der Waals surface area contributed by atoms with Gasteiger partial charge in [0.05, 0.1) is 0 Å². The van der Waals surface area contributed by atoms with Crippen LogP contribution in [-0.2, 0) is 26.2 Å². The minimum Gasteiger partial charge on any atom is -0.316 e. The highest BCUT2D eigenvalue weighted by atomic mass is 16.1. The van der Waals surface area contributed by atoms with E-state index in [2.05, 4.69) is 28.1 Å². The van der Waals surface area contributed by atoms with Crippen molar-refractivity contribution in [2.45, 2.75) is 50.9 Å². The summed E-state index contributed by atoms with van der Waals surface area (Å²) in [7, 11) is 0. The van der Waals surface area contributed by atoms with Crippen LogP contribution in [0.15, 0.2) is 33.9 Å². The number of fused-ring (bicyclic) bond motifs is 8. The molecule has 4 atom stereocenters. The molecule has 0 aromatic carbocycles. The zero-order valence-corrected chi connectivity index (χ0v) is 17.9. The van der Waals surface area contributed by atoms with Crippen LogP contribution in [0.5, 0.6) is 0 Å². The van der Waals surface area contributed by atoms with E-state index in [9.17, 15) is 9.59 Å². The summed E-state index contributed by atoms with van der Waals surface area (Å²) in [5.74, 6) is 2.03. The number of pyridine rings is 2. The molecular weight excluding hydrogens is 390 g/mol. The molecule has 2 aromatic heterocycles. The molecule has 0 saturated carbocycles. The van der Waals surface area contributed by atoms with Gasteiger partial charge in [-0.1, -0.05) is 0 Å². The third kappa shape index (κ3) is 3.58. The highest BCUT2D eigenvalue weighted by molar-refractivity contribution is 5.26. The second-order valence-electron chi connectivity index (χ2n) is 9.99. The third-order valence-electron chi connectivity index (χ3n) is 7.70. The van der Waals surface area contributed by atoms with Crippen LogP contribution in [0.25, 0.3) is 0 Å². The van der Waals surface area contributed by atoms with Crippen LogP contribution in [0.3, 0.4) is 0 Å². The van der Waals surface area contributed by atoms with Gasteiger partial charge in [-0.2, -0.15) is 0 Å². The summed E-state index contributed by atoms with van der Waals surface area (Å²) in [6, 6.07) is 7.97. The van der Waals surface area contributed by atoms with Gasteiger partial charge in [-0.15, -0.1) is 0 Å². The first kappa shape index (κ1) is 19.5. The molecule has 0 spiro atoms. The minimum absolute atomic E-state index is 0.122. The Morgan fingerprint density at radius 2 is 1.23 bits per heavy atom. The number of aromatic nitrogens is 2. The van der Waals surface area contributed by atoms with Crippen molar-refractivity contribution in [2.75, 3.05) is 26.2 Å². The maximum absolute atomic E-state index is 12.7. The first-order valence-corrected chi connectivity index (χ1v) is 11.7. The maximum atomic E-state index is 12.7. The van der Waals surface area contributed by atoms with Crippen molar-refractivity contribution in [2.24, 2.45) is 11.8 Å². The minimum atomic E-state index is 0.122. The van der Waals surface area contributed by atoms with E-state index in [1.807, 2.05) is 9.13 Å². The van der Waals surface area contributed by atoms with Crippen molar-refractivity contribution >= 4 is 0 Å². The largest absolute Gasteiger partial charge is 0.316 e. The van der Waals surface area contributed by atoms with Gasteiger partial charge in [0, 0.05) is 74.6 Å². The molecule has 2 fully saturated rings. The van der Waals surface area contributed by atoms with Crippen LogP contribution in [0.4, 0.5) is 0 Å². The third-order valence-corrected chi connectivity index (χ3v) is 7.70. The topological polar surface area (TPSA) is 80.1 Å². The fraction of sp³-hybridized carbons (Fsp3) is 0.583. The van der Waals surface area contributed by atoms with Crippen LogP contribution < -0.4 is 27.1 Å². The second-order valence-corrected chi connectivity index (χ2v) is 9.99. The average molecular weight is 422 g/mol. The molecule has 3 N–H and O–H groups in total. The Bertz CT molecular complexity index is 1030. The van der Waals surface area contributed by atoms with E-state index in [0.717, 1.165) is 50.4 Å². The zero-order chi connectivity index (χ0) is 20.9. The molecule has 7 heteroatoms. The number of piperidine rings is 2.